The van der Waals surface area contributed by atoms with Crippen molar-refractivity contribution in [2.45, 2.75) is 0 Å². The lowest BCUT2D eigenvalue weighted by molar-refractivity contribution is 0.411. The molecule has 2 aromatic rings. The molecule has 2 aromatic carbocycles. The van der Waals surface area contributed by atoms with E-state index >= 15 is 0 Å². The SMILES string of the molecule is COc1ccccc(-c2ccc(Br)cc2)c1=O. The van der Waals surface area contributed by atoms with E-state index in [4.69, 9.17) is 4.74 Å². The lowest BCUT2D eigenvalue weighted by Crippen LogP contribution is -2.04. The van der Waals surface area contributed by atoms with E-state index in [9.17, 15) is 4.79 Å². The third-order valence-electron chi connectivity index (χ3n) is 2.47. The Bertz CT molecular complexity index is 576. The van der Waals surface area contributed by atoms with Crippen LogP contribution in [0, 0.1) is 0 Å². The fraction of sp³-hybridized carbons (Fsp3) is 0.0714. The van der Waals surface area contributed by atoms with Gasteiger partial charge in [-0.15, -0.1) is 0 Å². The summed E-state index contributed by atoms with van der Waals surface area (Å²) in [6.45, 7) is 0. The molecule has 2 rings (SSSR count). The second kappa shape index (κ2) is 5.15. The number of hydrogen-bond donors (Lipinski definition) is 0. The van der Waals surface area contributed by atoms with Gasteiger partial charge in [0.15, 0.2) is 5.75 Å². The van der Waals surface area contributed by atoms with Crippen molar-refractivity contribution in [1.82, 2.24) is 0 Å². The molecule has 3 heteroatoms. The zero-order valence-corrected chi connectivity index (χ0v) is 10.9. The summed E-state index contributed by atoms with van der Waals surface area (Å²) in [5, 5.41) is 0. The minimum absolute atomic E-state index is 0.0974. The van der Waals surface area contributed by atoms with Crippen LogP contribution in [0.3, 0.4) is 0 Å². The van der Waals surface area contributed by atoms with E-state index in [1.165, 1.54) is 7.11 Å². The quantitative estimate of drug-likeness (QED) is 0.846. The summed E-state index contributed by atoms with van der Waals surface area (Å²) >= 11 is 3.37. The summed E-state index contributed by atoms with van der Waals surface area (Å²) in [5.74, 6) is 0.355. The Balaban J connectivity index is 2.64. The van der Waals surface area contributed by atoms with Crippen LogP contribution in [-0.2, 0) is 0 Å². The van der Waals surface area contributed by atoms with Gasteiger partial charge in [-0.25, -0.2) is 0 Å². The van der Waals surface area contributed by atoms with E-state index in [-0.39, 0.29) is 5.43 Å². The highest BCUT2D eigenvalue weighted by atomic mass is 79.9. The number of halogens is 1. The van der Waals surface area contributed by atoms with Gasteiger partial charge in [-0.05, 0) is 23.8 Å². The largest absolute Gasteiger partial charge is 0.493 e. The Labute approximate surface area is 108 Å². The molecule has 0 atom stereocenters. The number of hydrogen-bond acceptors (Lipinski definition) is 2. The molecule has 0 aliphatic heterocycles. The lowest BCUT2D eigenvalue weighted by Gasteiger charge is -2.00. The fourth-order valence-corrected chi connectivity index (χ4v) is 1.86. The van der Waals surface area contributed by atoms with Crippen LogP contribution in [0.1, 0.15) is 0 Å². The normalized spacial score (nSPS) is 10.0. The highest BCUT2D eigenvalue weighted by molar-refractivity contribution is 9.10. The van der Waals surface area contributed by atoms with Gasteiger partial charge in [0.05, 0.1) is 7.11 Å². The van der Waals surface area contributed by atoms with Gasteiger partial charge in [0.2, 0.25) is 5.43 Å². The van der Waals surface area contributed by atoms with Crippen LogP contribution < -0.4 is 10.2 Å². The predicted octanol–water partition coefficient (Wildman–Crippen LogP) is 3.48. The lowest BCUT2D eigenvalue weighted by atomic mass is 10.1. The molecule has 0 unspecified atom stereocenters. The van der Waals surface area contributed by atoms with E-state index in [2.05, 4.69) is 15.9 Å². The minimum Gasteiger partial charge on any atom is -0.493 e. The van der Waals surface area contributed by atoms with Crippen molar-refractivity contribution in [3.8, 4) is 16.9 Å². The number of methoxy groups -OCH3 is 1. The maximum Gasteiger partial charge on any atom is 0.228 e. The molecule has 17 heavy (non-hydrogen) atoms. The van der Waals surface area contributed by atoms with Crippen LogP contribution in [0.4, 0.5) is 0 Å². The first-order chi connectivity index (χ1) is 8.22. The Morgan fingerprint density at radius 1 is 1.00 bits per heavy atom. The molecular formula is C14H11BrO2. The van der Waals surface area contributed by atoms with Gasteiger partial charge in [-0.3, -0.25) is 4.79 Å². The van der Waals surface area contributed by atoms with Gasteiger partial charge >= 0.3 is 0 Å². The first-order valence-corrected chi connectivity index (χ1v) is 5.95. The molecule has 0 N–H and O–H groups in total. The summed E-state index contributed by atoms with van der Waals surface area (Å²) < 4.78 is 6.06. The average molecular weight is 291 g/mol. The van der Waals surface area contributed by atoms with Crippen molar-refractivity contribution in [3.63, 3.8) is 0 Å². The molecule has 0 fully saturated rings. The number of ether oxygens (including phenoxy) is 1. The fourth-order valence-electron chi connectivity index (χ4n) is 1.60. The summed E-state index contributed by atoms with van der Waals surface area (Å²) in [5.41, 5.74) is 1.42. The van der Waals surface area contributed by atoms with Gasteiger partial charge in [0.25, 0.3) is 0 Å². The van der Waals surface area contributed by atoms with Crippen molar-refractivity contribution >= 4 is 15.9 Å². The maximum atomic E-state index is 12.1. The zero-order chi connectivity index (χ0) is 12.3. The Morgan fingerprint density at radius 2 is 1.65 bits per heavy atom. The molecule has 0 radical (unpaired) electrons. The van der Waals surface area contributed by atoms with Crippen LogP contribution in [0.25, 0.3) is 11.1 Å². The van der Waals surface area contributed by atoms with E-state index < -0.39 is 0 Å². The van der Waals surface area contributed by atoms with E-state index in [0.29, 0.717) is 11.3 Å². The van der Waals surface area contributed by atoms with Crippen molar-refractivity contribution < 1.29 is 4.74 Å². The molecule has 0 aliphatic rings. The van der Waals surface area contributed by atoms with Gasteiger partial charge < -0.3 is 4.74 Å². The van der Waals surface area contributed by atoms with Gasteiger partial charge in [-0.1, -0.05) is 46.3 Å². The minimum atomic E-state index is -0.0974. The molecule has 0 aromatic heterocycles. The maximum absolute atomic E-state index is 12.1. The average Bonchev–Trinajstić information content (AvgIpc) is 2.52. The first kappa shape index (κ1) is 11.9. The Kier molecular flexibility index (Phi) is 3.59. The molecule has 0 heterocycles. The summed E-state index contributed by atoms with van der Waals surface area (Å²) in [7, 11) is 1.50. The highest BCUT2D eigenvalue weighted by Gasteiger charge is 2.05. The zero-order valence-electron chi connectivity index (χ0n) is 9.31. The molecule has 0 aliphatic carbocycles. The predicted molar refractivity (Wildman–Crippen MR) is 72.4 cm³/mol. The molecule has 0 amide bonds. The summed E-state index contributed by atoms with van der Waals surface area (Å²) in [6.07, 6.45) is 0. The van der Waals surface area contributed by atoms with E-state index in [1.54, 1.807) is 18.2 Å². The molecule has 0 saturated carbocycles. The van der Waals surface area contributed by atoms with Gasteiger partial charge in [-0.2, -0.15) is 0 Å². The molecule has 2 nitrogen and oxygen atoms in total. The first-order valence-electron chi connectivity index (χ1n) is 5.15. The number of benzene rings is 1. The molecule has 86 valence electrons. The standard InChI is InChI=1S/C14H11BrO2/c1-17-13-5-3-2-4-12(14(13)16)10-6-8-11(15)9-7-10/h2-9H,1H3. The second-order valence-electron chi connectivity index (χ2n) is 3.54. The third kappa shape index (κ3) is 2.56. The van der Waals surface area contributed by atoms with Crippen LogP contribution in [0.15, 0.2) is 57.8 Å². The smallest absolute Gasteiger partial charge is 0.228 e. The van der Waals surface area contributed by atoms with Crippen molar-refractivity contribution in [2.24, 2.45) is 0 Å². The van der Waals surface area contributed by atoms with Crippen molar-refractivity contribution in [3.05, 3.63) is 63.2 Å². The Morgan fingerprint density at radius 3 is 2.29 bits per heavy atom. The van der Waals surface area contributed by atoms with Crippen LogP contribution in [-0.4, -0.2) is 7.11 Å². The summed E-state index contributed by atoms with van der Waals surface area (Å²) in [4.78, 5) is 12.1. The van der Waals surface area contributed by atoms with Crippen LogP contribution >= 0.6 is 15.9 Å². The van der Waals surface area contributed by atoms with E-state index in [0.717, 1.165) is 10.0 Å². The van der Waals surface area contributed by atoms with Crippen LogP contribution in [0.5, 0.6) is 5.75 Å². The Hall–Kier alpha value is -1.61. The monoisotopic (exact) mass is 290 g/mol. The van der Waals surface area contributed by atoms with Crippen LogP contribution in [0.2, 0.25) is 0 Å². The molecule has 0 saturated heterocycles. The van der Waals surface area contributed by atoms with Gasteiger partial charge in [0, 0.05) is 10.0 Å². The molecular weight excluding hydrogens is 280 g/mol. The van der Waals surface area contributed by atoms with Gasteiger partial charge in [0.1, 0.15) is 0 Å². The van der Waals surface area contributed by atoms with Crippen molar-refractivity contribution in [2.75, 3.05) is 7.11 Å². The molecule has 0 bridgehead atoms. The summed E-state index contributed by atoms with van der Waals surface area (Å²) in [6, 6.07) is 14.7. The number of rotatable bonds is 2. The third-order valence-corrected chi connectivity index (χ3v) is 2.99. The topological polar surface area (TPSA) is 26.3 Å². The second-order valence-corrected chi connectivity index (χ2v) is 4.45. The molecule has 0 spiro atoms. The highest BCUT2D eigenvalue weighted by Crippen LogP contribution is 2.19. The van der Waals surface area contributed by atoms with Crippen molar-refractivity contribution in [1.29, 1.82) is 0 Å². The van der Waals surface area contributed by atoms with E-state index in [1.807, 2.05) is 30.3 Å².